The molecule has 0 saturated carbocycles. The molecule has 0 amide bonds. The van der Waals surface area contributed by atoms with Crippen molar-refractivity contribution >= 4 is 5.78 Å². The van der Waals surface area contributed by atoms with Gasteiger partial charge < -0.3 is 14.8 Å². The highest BCUT2D eigenvalue weighted by Crippen LogP contribution is 2.15. The topological polar surface area (TPSA) is 47.6 Å². The summed E-state index contributed by atoms with van der Waals surface area (Å²) in [6.07, 6.45) is 0.620. The van der Waals surface area contributed by atoms with Crippen molar-refractivity contribution in [2.24, 2.45) is 0 Å². The number of nitrogens with one attached hydrogen (secondary N) is 1. The highest BCUT2D eigenvalue weighted by molar-refractivity contribution is 5.96. The number of carbonyl (C=O) groups excluding carboxylic acids is 1. The Morgan fingerprint density at radius 3 is 2.74 bits per heavy atom. The molecule has 0 spiro atoms. The zero-order chi connectivity index (χ0) is 13.7. The second-order valence-electron chi connectivity index (χ2n) is 5.04. The molecule has 0 radical (unpaired) electrons. The fraction of sp³-hybridized carbons (Fsp3) is 0.533. The zero-order valence-corrected chi connectivity index (χ0v) is 11.5. The second-order valence-corrected chi connectivity index (χ2v) is 5.04. The highest BCUT2D eigenvalue weighted by atomic mass is 16.5. The Morgan fingerprint density at radius 1 is 1.42 bits per heavy atom. The maximum atomic E-state index is 12.1. The summed E-state index contributed by atoms with van der Waals surface area (Å²) in [7, 11) is 0. The Kier molecular flexibility index (Phi) is 4.93. The molecule has 0 bridgehead atoms. The van der Waals surface area contributed by atoms with E-state index in [4.69, 9.17) is 9.47 Å². The molecule has 1 aliphatic rings. The molecule has 1 aromatic rings. The van der Waals surface area contributed by atoms with Crippen LogP contribution in [0, 0.1) is 0 Å². The molecular formula is C15H21NO3. The van der Waals surface area contributed by atoms with Crippen LogP contribution in [0.5, 0.6) is 5.75 Å². The van der Waals surface area contributed by atoms with Crippen LogP contribution in [-0.2, 0) is 4.74 Å². The number of hydrogen-bond acceptors (Lipinski definition) is 4. The number of carbonyl (C=O) groups is 1. The van der Waals surface area contributed by atoms with Crippen molar-refractivity contribution in [2.75, 3.05) is 19.8 Å². The van der Waals surface area contributed by atoms with Crippen molar-refractivity contribution < 1.29 is 14.3 Å². The average Bonchev–Trinajstić information content (AvgIpc) is 2.40. The molecule has 2 rings (SSSR count). The lowest BCUT2D eigenvalue weighted by Crippen LogP contribution is -2.42. The summed E-state index contributed by atoms with van der Waals surface area (Å²) in [4.78, 5) is 12.1. The first-order valence-electron chi connectivity index (χ1n) is 6.76. The van der Waals surface area contributed by atoms with Gasteiger partial charge in [-0.05, 0) is 38.1 Å². The standard InChI is InChI=1S/C15H21NO3/c1-11(2)19-14-5-3-12(4-6-14)15(17)9-13-10-18-8-7-16-13/h3-6,11,13,16H,7-10H2,1-2H3. The van der Waals surface area contributed by atoms with Crippen LogP contribution < -0.4 is 10.1 Å². The molecule has 0 aliphatic carbocycles. The summed E-state index contributed by atoms with van der Waals surface area (Å²) >= 11 is 0. The first-order chi connectivity index (χ1) is 9.15. The molecule has 1 N–H and O–H groups in total. The molecule has 1 aliphatic heterocycles. The van der Waals surface area contributed by atoms with Crippen LogP contribution in [0.2, 0.25) is 0 Å². The maximum absolute atomic E-state index is 12.1. The van der Waals surface area contributed by atoms with Crippen LogP contribution in [-0.4, -0.2) is 37.7 Å². The van der Waals surface area contributed by atoms with Gasteiger partial charge in [0.05, 0.1) is 19.3 Å². The van der Waals surface area contributed by atoms with E-state index in [-0.39, 0.29) is 17.9 Å². The molecule has 1 unspecified atom stereocenters. The van der Waals surface area contributed by atoms with Gasteiger partial charge in [0, 0.05) is 24.6 Å². The molecule has 1 heterocycles. The van der Waals surface area contributed by atoms with E-state index in [0.717, 1.165) is 24.5 Å². The highest BCUT2D eigenvalue weighted by Gasteiger charge is 2.17. The van der Waals surface area contributed by atoms with Gasteiger partial charge in [-0.15, -0.1) is 0 Å². The number of rotatable bonds is 5. The van der Waals surface area contributed by atoms with E-state index < -0.39 is 0 Å². The minimum absolute atomic E-state index is 0.132. The van der Waals surface area contributed by atoms with Crippen LogP contribution in [0.3, 0.4) is 0 Å². The van der Waals surface area contributed by atoms with Gasteiger partial charge in [-0.2, -0.15) is 0 Å². The number of ketones is 1. The summed E-state index contributed by atoms with van der Waals surface area (Å²) in [6.45, 7) is 6.12. The SMILES string of the molecule is CC(C)Oc1ccc(C(=O)CC2COCCN2)cc1. The average molecular weight is 263 g/mol. The van der Waals surface area contributed by atoms with Crippen molar-refractivity contribution in [1.82, 2.24) is 5.32 Å². The van der Waals surface area contributed by atoms with E-state index in [0.29, 0.717) is 13.0 Å². The smallest absolute Gasteiger partial charge is 0.164 e. The number of Topliss-reactive ketones (excluding diaryl/α,β-unsaturated/α-hetero) is 1. The van der Waals surface area contributed by atoms with Crippen molar-refractivity contribution in [3.8, 4) is 5.75 Å². The maximum Gasteiger partial charge on any atom is 0.164 e. The molecule has 104 valence electrons. The van der Waals surface area contributed by atoms with E-state index in [9.17, 15) is 4.79 Å². The van der Waals surface area contributed by atoms with Gasteiger partial charge >= 0.3 is 0 Å². The number of hydrogen-bond donors (Lipinski definition) is 1. The van der Waals surface area contributed by atoms with Gasteiger partial charge in [0.2, 0.25) is 0 Å². The summed E-state index contributed by atoms with van der Waals surface area (Å²) in [5.41, 5.74) is 0.725. The lowest BCUT2D eigenvalue weighted by molar-refractivity contribution is 0.0676. The Bertz CT molecular complexity index is 408. The van der Waals surface area contributed by atoms with Crippen molar-refractivity contribution in [1.29, 1.82) is 0 Å². The van der Waals surface area contributed by atoms with E-state index in [1.807, 2.05) is 38.1 Å². The quantitative estimate of drug-likeness (QED) is 0.826. The zero-order valence-electron chi connectivity index (χ0n) is 11.5. The van der Waals surface area contributed by atoms with Crippen LogP contribution in [0.15, 0.2) is 24.3 Å². The van der Waals surface area contributed by atoms with E-state index in [1.54, 1.807) is 0 Å². The lowest BCUT2D eigenvalue weighted by Gasteiger charge is -2.23. The van der Waals surface area contributed by atoms with Gasteiger partial charge in [-0.3, -0.25) is 4.79 Å². The molecule has 1 fully saturated rings. The Labute approximate surface area is 114 Å². The number of ether oxygens (including phenoxy) is 2. The molecule has 1 saturated heterocycles. The van der Waals surface area contributed by atoms with Gasteiger partial charge in [0.15, 0.2) is 5.78 Å². The first kappa shape index (κ1) is 14.0. The molecule has 4 nitrogen and oxygen atoms in total. The predicted molar refractivity (Wildman–Crippen MR) is 73.8 cm³/mol. The third-order valence-corrected chi connectivity index (χ3v) is 2.98. The Morgan fingerprint density at radius 2 is 2.16 bits per heavy atom. The third kappa shape index (κ3) is 4.33. The van der Waals surface area contributed by atoms with Gasteiger partial charge in [0.25, 0.3) is 0 Å². The fourth-order valence-corrected chi connectivity index (χ4v) is 2.08. The monoisotopic (exact) mass is 263 g/mol. The third-order valence-electron chi connectivity index (χ3n) is 2.98. The number of morpholine rings is 1. The Hall–Kier alpha value is -1.39. The Balaban J connectivity index is 1.91. The predicted octanol–water partition coefficient (Wildman–Crippen LogP) is 2.04. The number of benzene rings is 1. The van der Waals surface area contributed by atoms with Gasteiger partial charge in [-0.25, -0.2) is 0 Å². The van der Waals surface area contributed by atoms with Crippen LogP contribution in [0.25, 0.3) is 0 Å². The fourth-order valence-electron chi connectivity index (χ4n) is 2.08. The molecule has 19 heavy (non-hydrogen) atoms. The second kappa shape index (κ2) is 6.68. The summed E-state index contributed by atoms with van der Waals surface area (Å²) in [5.74, 6) is 0.935. The van der Waals surface area contributed by atoms with E-state index in [1.165, 1.54) is 0 Å². The minimum Gasteiger partial charge on any atom is -0.491 e. The van der Waals surface area contributed by atoms with Crippen LogP contribution in [0.4, 0.5) is 0 Å². The molecule has 1 atom stereocenters. The lowest BCUT2D eigenvalue weighted by atomic mass is 10.0. The summed E-state index contributed by atoms with van der Waals surface area (Å²) in [5, 5.41) is 3.29. The van der Waals surface area contributed by atoms with E-state index >= 15 is 0 Å². The summed E-state index contributed by atoms with van der Waals surface area (Å²) in [6, 6.07) is 7.47. The van der Waals surface area contributed by atoms with Crippen molar-refractivity contribution in [2.45, 2.75) is 32.4 Å². The van der Waals surface area contributed by atoms with Crippen LogP contribution >= 0.6 is 0 Å². The molecule has 1 aromatic carbocycles. The molecule has 0 aromatic heterocycles. The first-order valence-corrected chi connectivity index (χ1v) is 6.76. The molecular weight excluding hydrogens is 242 g/mol. The summed E-state index contributed by atoms with van der Waals surface area (Å²) < 4.78 is 10.9. The van der Waals surface area contributed by atoms with Gasteiger partial charge in [-0.1, -0.05) is 0 Å². The minimum atomic E-state index is 0.132. The van der Waals surface area contributed by atoms with Crippen molar-refractivity contribution in [3.05, 3.63) is 29.8 Å². The van der Waals surface area contributed by atoms with Crippen LogP contribution in [0.1, 0.15) is 30.6 Å². The normalized spacial score (nSPS) is 19.4. The largest absolute Gasteiger partial charge is 0.491 e. The van der Waals surface area contributed by atoms with Gasteiger partial charge in [0.1, 0.15) is 5.75 Å². The molecule has 4 heteroatoms. The van der Waals surface area contributed by atoms with E-state index in [2.05, 4.69) is 5.32 Å². The van der Waals surface area contributed by atoms with Crippen molar-refractivity contribution in [3.63, 3.8) is 0 Å².